The van der Waals surface area contributed by atoms with Gasteiger partial charge in [-0.15, -0.1) is 24.0 Å². The first-order valence-corrected chi connectivity index (χ1v) is 8.61. The number of aliphatic imine (C=N–C) groups is 1. The molecule has 0 spiro atoms. The molecule has 0 amide bonds. The number of ether oxygens (including phenoxy) is 4. The molecule has 7 nitrogen and oxygen atoms in total. The number of methoxy groups -OCH3 is 3. The Hall–Kier alpha value is -2.20. The molecule has 0 aliphatic heterocycles. The minimum absolute atomic E-state index is 0. The number of halogens is 1. The van der Waals surface area contributed by atoms with Gasteiger partial charge in [0, 0.05) is 13.7 Å². The number of hydrogen-bond acceptors (Lipinski definition) is 5. The molecule has 0 bridgehead atoms. The van der Waals surface area contributed by atoms with Gasteiger partial charge in [0.25, 0.3) is 0 Å². The zero-order valence-corrected chi connectivity index (χ0v) is 18.8. The molecule has 0 aromatic heterocycles. The van der Waals surface area contributed by atoms with Crippen LogP contribution in [0.5, 0.6) is 17.2 Å². The minimum atomic E-state index is 0. The van der Waals surface area contributed by atoms with E-state index in [4.69, 9.17) is 24.7 Å². The van der Waals surface area contributed by atoms with E-state index >= 15 is 0 Å². The van der Waals surface area contributed by atoms with Crippen LogP contribution in [0.25, 0.3) is 0 Å². The summed E-state index contributed by atoms with van der Waals surface area (Å²) >= 11 is 0. The molecule has 154 valence electrons. The van der Waals surface area contributed by atoms with Crippen LogP contribution in [0.2, 0.25) is 0 Å². The van der Waals surface area contributed by atoms with Crippen molar-refractivity contribution in [3.8, 4) is 17.2 Å². The van der Waals surface area contributed by atoms with Gasteiger partial charge in [-0.05, 0) is 35.4 Å². The average Bonchev–Trinajstić information content (AvgIpc) is 2.71. The molecular weight excluding hydrogens is 473 g/mol. The standard InChI is InChI=1S/C20H27N3O4.HI/c1-24-10-11-27-17-7-4-15(5-8-17)13-22-20(21)23-14-16-6-9-18(25-2)19(12-16)26-3;/h4-9,12H,10-11,13-14H2,1-3H3,(H3,21,22,23);1H. The smallest absolute Gasteiger partial charge is 0.189 e. The molecule has 3 N–H and O–H groups in total. The van der Waals surface area contributed by atoms with E-state index in [1.54, 1.807) is 21.3 Å². The molecule has 0 atom stereocenters. The van der Waals surface area contributed by atoms with E-state index in [-0.39, 0.29) is 24.0 Å². The highest BCUT2D eigenvalue weighted by atomic mass is 127. The summed E-state index contributed by atoms with van der Waals surface area (Å²) in [4.78, 5) is 4.36. The number of nitrogens with one attached hydrogen (secondary N) is 1. The molecule has 0 radical (unpaired) electrons. The van der Waals surface area contributed by atoms with Crippen LogP contribution in [0.1, 0.15) is 11.1 Å². The lowest BCUT2D eigenvalue weighted by molar-refractivity contribution is 0.146. The summed E-state index contributed by atoms with van der Waals surface area (Å²) in [6, 6.07) is 13.5. The van der Waals surface area contributed by atoms with E-state index in [0.717, 1.165) is 16.9 Å². The van der Waals surface area contributed by atoms with Gasteiger partial charge in [0.15, 0.2) is 17.5 Å². The maximum atomic E-state index is 5.95. The van der Waals surface area contributed by atoms with Gasteiger partial charge < -0.3 is 30.0 Å². The van der Waals surface area contributed by atoms with Crippen molar-refractivity contribution in [1.82, 2.24) is 5.32 Å². The number of nitrogens with two attached hydrogens (primary N) is 1. The zero-order chi connectivity index (χ0) is 19.5. The van der Waals surface area contributed by atoms with Crippen LogP contribution < -0.4 is 25.3 Å². The molecule has 0 unspecified atom stereocenters. The first-order valence-electron chi connectivity index (χ1n) is 8.61. The lowest BCUT2D eigenvalue weighted by Gasteiger charge is -2.10. The van der Waals surface area contributed by atoms with Crippen LogP contribution in [0.4, 0.5) is 0 Å². The summed E-state index contributed by atoms with van der Waals surface area (Å²) in [6.07, 6.45) is 0. The molecule has 28 heavy (non-hydrogen) atoms. The second-order valence-electron chi connectivity index (χ2n) is 5.73. The third-order valence-corrected chi connectivity index (χ3v) is 3.83. The largest absolute Gasteiger partial charge is 0.493 e. The Kier molecular flexibility index (Phi) is 11.1. The van der Waals surface area contributed by atoms with E-state index < -0.39 is 0 Å². The highest BCUT2D eigenvalue weighted by Gasteiger charge is 2.04. The summed E-state index contributed by atoms with van der Waals surface area (Å²) in [5, 5.41) is 3.10. The number of nitrogens with zero attached hydrogens (tertiary/aromatic N) is 1. The van der Waals surface area contributed by atoms with Crippen LogP contribution in [0.15, 0.2) is 47.5 Å². The van der Waals surface area contributed by atoms with Crippen molar-refractivity contribution in [2.24, 2.45) is 10.7 Å². The SMILES string of the molecule is COCCOc1ccc(CNC(N)=NCc2ccc(OC)c(OC)c2)cc1.I. The van der Waals surface area contributed by atoms with Crippen LogP contribution in [-0.4, -0.2) is 40.5 Å². The van der Waals surface area contributed by atoms with Crippen molar-refractivity contribution in [1.29, 1.82) is 0 Å². The fourth-order valence-corrected chi connectivity index (χ4v) is 2.35. The first kappa shape index (κ1) is 23.8. The quantitative estimate of drug-likeness (QED) is 0.225. The zero-order valence-electron chi connectivity index (χ0n) is 16.4. The number of guanidine groups is 1. The molecule has 2 aromatic rings. The van der Waals surface area contributed by atoms with Gasteiger partial charge in [-0.3, -0.25) is 0 Å². The Morgan fingerprint density at radius 1 is 0.929 bits per heavy atom. The third kappa shape index (κ3) is 7.81. The molecule has 0 heterocycles. The topological polar surface area (TPSA) is 87.3 Å². The van der Waals surface area contributed by atoms with Crippen LogP contribution in [-0.2, 0) is 17.8 Å². The minimum Gasteiger partial charge on any atom is -0.493 e. The Morgan fingerprint density at radius 2 is 1.61 bits per heavy atom. The lowest BCUT2D eigenvalue weighted by Crippen LogP contribution is -2.31. The normalized spacial score (nSPS) is 10.8. The molecule has 2 aromatic carbocycles. The summed E-state index contributed by atoms with van der Waals surface area (Å²) in [5.41, 5.74) is 8.01. The maximum absolute atomic E-state index is 5.95. The van der Waals surface area contributed by atoms with Gasteiger partial charge in [0.05, 0.1) is 27.4 Å². The van der Waals surface area contributed by atoms with Gasteiger partial charge in [0.1, 0.15) is 12.4 Å². The van der Waals surface area contributed by atoms with Gasteiger partial charge in [-0.1, -0.05) is 18.2 Å². The lowest BCUT2D eigenvalue weighted by atomic mass is 10.2. The summed E-state index contributed by atoms with van der Waals surface area (Å²) in [5.74, 6) is 2.55. The van der Waals surface area contributed by atoms with E-state index in [9.17, 15) is 0 Å². The van der Waals surface area contributed by atoms with E-state index in [2.05, 4.69) is 10.3 Å². The Bertz CT molecular complexity index is 739. The van der Waals surface area contributed by atoms with Crippen LogP contribution in [0.3, 0.4) is 0 Å². The monoisotopic (exact) mass is 501 g/mol. The van der Waals surface area contributed by atoms with Crippen molar-refractivity contribution < 1.29 is 18.9 Å². The van der Waals surface area contributed by atoms with Gasteiger partial charge >= 0.3 is 0 Å². The maximum Gasteiger partial charge on any atom is 0.189 e. The molecule has 0 fully saturated rings. The summed E-state index contributed by atoms with van der Waals surface area (Å²) in [7, 11) is 4.86. The van der Waals surface area contributed by atoms with Gasteiger partial charge in [0.2, 0.25) is 0 Å². The summed E-state index contributed by atoms with van der Waals surface area (Å²) < 4.78 is 21.0. The van der Waals surface area contributed by atoms with E-state index in [0.29, 0.717) is 43.8 Å². The molecule has 0 aliphatic carbocycles. The van der Waals surface area contributed by atoms with Crippen LogP contribution >= 0.6 is 24.0 Å². The first-order chi connectivity index (χ1) is 13.2. The van der Waals surface area contributed by atoms with Crippen LogP contribution in [0, 0.1) is 0 Å². The molecule has 0 saturated heterocycles. The molecule has 0 aliphatic rings. The third-order valence-electron chi connectivity index (χ3n) is 3.83. The predicted molar refractivity (Wildman–Crippen MR) is 121 cm³/mol. The van der Waals surface area contributed by atoms with Crippen molar-refractivity contribution >= 4 is 29.9 Å². The van der Waals surface area contributed by atoms with Crippen molar-refractivity contribution in [2.45, 2.75) is 13.1 Å². The predicted octanol–water partition coefficient (Wildman–Crippen LogP) is 2.95. The van der Waals surface area contributed by atoms with Crippen molar-refractivity contribution in [2.75, 3.05) is 34.5 Å². The highest BCUT2D eigenvalue weighted by molar-refractivity contribution is 14.0. The highest BCUT2D eigenvalue weighted by Crippen LogP contribution is 2.27. The molecular formula is C20H28IN3O4. The molecule has 2 rings (SSSR count). The summed E-state index contributed by atoms with van der Waals surface area (Å²) in [6.45, 7) is 2.13. The fraction of sp³-hybridized carbons (Fsp3) is 0.350. The number of benzene rings is 2. The van der Waals surface area contributed by atoms with Gasteiger partial charge in [-0.2, -0.15) is 0 Å². The number of hydrogen-bond donors (Lipinski definition) is 2. The molecule has 8 heteroatoms. The second-order valence-corrected chi connectivity index (χ2v) is 5.73. The average molecular weight is 501 g/mol. The molecule has 0 saturated carbocycles. The second kappa shape index (κ2) is 13.1. The van der Waals surface area contributed by atoms with E-state index in [1.165, 1.54) is 0 Å². The Balaban J connectivity index is 0.00000392. The van der Waals surface area contributed by atoms with Crippen molar-refractivity contribution in [3.63, 3.8) is 0 Å². The Labute approximate surface area is 183 Å². The van der Waals surface area contributed by atoms with E-state index in [1.807, 2.05) is 42.5 Å². The van der Waals surface area contributed by atoms with Gasteiger partial charge in [-0.25, -0.2) is 4.99 Å². The van der Waals surface area contributed by atoms with Crippen molar-refractivity contribution in [3.05, 3.63) is 53.6 Å². The fourth-order valence-electron chi connectivity index (χ4n) is 2.35. The Morgan fingerprint density at radius 3 is 2.25 bits per heavy atom. The number of rotatable bonds is 10.